The summed E-state index contributed by atoms with van der Waals surface area (Å²) in [6.07, 6.45) is 4.65. The molecule has 19 heavy (non-hydrogen) atoms. The third kappa shape index (κ3) is 3.15. The van der Waals surface area contributed by atoms with E-state index < -0.39 is 0 Å². The highest BCUT2D eigenvalue weighted by Gasteiger charge is 2.12. The molecule has 1 N–H and O–H groups in total. The number of imidazole rings is 1. The molecule has 0 aliphatic carbocycles. The van der Waals surface area contributed by atoms with E-state index in [0.717, 1.165) is 17.9 Å². The number of aryl methyl sites for hydroxylation is 1. The molecular weight excluding hydrogens is 238 g/mol. The maximum Gasteiger partial charge on any atom is 0.130 e. The minimum atomic E-state index is 0.322. The molecule has 1 heterocycles. The van der Waals surface area contributed by atoms with Gasteiger partial charge in [0.05, 0.1) is 18.2 Å². The lowest BCUT2D eigenvalue weighted by atomic mass is 10.0. The number of hydrogen-bond donors (Lipinski definition) is 1. The van der Waals surface area contributed by atoms with E-state index in [1.165, 1.54) is 5.56 Å². The number of hydrogen-bond acceptors (Lipinski definition) is 3. The van der Waals surface area contributed by atoms with Crippen molar-refractivity contribution in [1.29, 1.82) is 0 Å². The van der Waals surface area contributed by atoms with E-state index >= 15 is 0 Å². The molecule has 0 amide bonds. The number of benzene rings is 1. The Morgan fingerprint density at radius 2 is 2.16 bits per heavy atom. The number of para-hydroxylation sites is 1. The lowest BCUT2D eigenvalue weighted by Gasteiger charge is -2.18. The van der Waals surface area contributed by atoms with Crippen molar-refractivity contribution in [2.45, 2.75) is 26.0 Å². The van der Waals surface area contributed by atoms with Gasteiger partial charge in [-0.3, -0.25) is 0 Å². The van der Waals surface area contributed by atoms with E-state index in [2.05, 4.69) is 23.3 Å². The first-order chi connectivity index (χ1) is 9.26. The second kappa shape index (κ2) is 6.38. The Kier molecular flexibility index (Phi) is 4.58. The third-order valence-corrected chi connectivity index (χ3v) is 3.34. The SMILES string of the molecule is CCC(NC)c1ccccc1OCc1cncn1C. The van der Waals surface area contributed by atoms with Gasteiger partial charge in [0.2, 0.25) is 0 Å². The first-order valence-electron chi connectivity index (χ1n) is 6.60. The predicted molar refractivity (Wildman–Crippen MR) is 76.1 cm³/mol. The zero-order chi connectivity index (χ0) is 13.7. The minimum absolute atomic E-state index is 0.322. The number of ether oxygens (including phenoxy) is 1. The molecule has 0 radical (unpaired) electrons. The van der Waals surface area contributed by atoms with Crippen molar-refractivity contribution < 1.29 is 4.74 Å². The Morgan fingerprint density at radius 3 is 2.79 bits per heavy atom. The predicted octanol–water partition coefficient (Wildman–Crippen LogP) is 2.67. The van der Waals surface area contributed by atoms with Crippen LogP contribution >= 0.6 is 0 Å². The number of nitrogens with one attached hydrogen (secondary N) is 1. The molecule has 0 saturated carbocycles. The van der Waals surface area contributed by atoms with Gasteiger partial charge >= 0.3 is 0 Å². The highest BCUT2D eigenvalue weighted by molar-refractivity contribution is 5.36. The number of nitrogens with zero attached hydrogens (tertiary/aromatic N) is 2. The van der Waals surface area contributed by atoms with Gasteiger partial charge in [-0.2, -0.15) is 0 Å². The van der Waals surface area contributed by atoms with Crippen LogP contribution in [-0.2, 0) is 13.7 Å². The second-order valence-electron chi connectivity index (χ2n) is 4.57. The summed E-state index contributed by atoms with van der Waals surface area (Å²) in [6.45, 7) is 2.70. The number of aromatic nitrogens is 2. The highest BCUT2D eigenvalue weighted by Crippen LogP contribution is 2.27. The molecule has 4 heteroatoms. The van der Waals surface area contributed by atoms with E-state index in [9.17, 15) is 0 Å². The van der Waals surface area contributed by atoms with Crippen LogP contribution in [0.4, 0.5) is 0 Å². The van der Waals surface area contributed by atoms with Gasteiger partial charge in [0.1, 0.15) is 12.4 Å². The first-order valence-corrected chi connectivity index (χ1v) is 6.60. The second-order valence-corrected chi connectivity index (χ2v) is 4.57. The molecule has 0 aliphatic heterocycles. The van der Waals surface area contributed by atoms with Crippen molar-refractivity contribution in [2.75, 3.05) is 7.05 Å². The van der Waals surface area contributed by atoms with Crippen molar-refractivity contribution >= 4 is 0 Å². The average Bonchev–Trinajstić information content (AvgIpc) is 2.84. The van der Waals surface area contributed by atoms with Gasteiger partial charge in [-0.05, 0) is 19.5 Å². The van der Waals surface area contributed by atoms with Gasteiger partial charge in [0, 0.05) is 18.7 Å². The van der Waals surface area contributed by atoms with Crippen LogP contribution < -0.4 is 10.1 Å². The summed E-state index contributed by atoms with van der Waals surface area (Å²) in [5, 5.41) is 3.32. The van der Waals surface area contributed by atoms with Crippen molar-refractivity contribution in [3.8, 4) is 5.75 Å². The molecule has 1 aromatic heterocycles. The highest BCUT2D eigenvalue weighted by atomic mass is 16.5. The van der Waals surface area contributed by atoms with Crippen LogP contribution in [0.2, 0.25) is 0 Å². The van der Waals surface area contributed by atoms with Crippen LogP contribution in [0.1, 0.15) is 30.6 Å². The molecule has 0 aliphatic rings. The fraction of sp³-hybridized carbons (Fsp3) is 0.400. The van der Waals surface area contributed by atoms with E-state index in [1.54, 1.807) is 6.33 Å². The zero-order valence-corrected chi connectivity index (χ0v) is 11.8. The summed E-state index contributed by atoms with van der Waals surface area (Å²) in [6, 6.07) is 8.51. The van der Waals surface area contributed by atoms with Gasteiger partial charge in [-0.25, -0.2) is 4.98 Å². The molecule has 0 bridgehead atoms. The van der Waals surface area contributed by atoms with Crippen LogP contribution in [0.3, 0.4) is 0 Å². The van der Waals surface area contributed by atoms with Gasteiger partial charge in [-0.15, -0.1) is 0 Å². The smallest absolute Gasteiger partial charge is 0.130 e. The first kappa shape index (κ1) is 13.6. The summed E-state index contributed by atoms with van der Waals surface area (Å²) in [5.41, 5.74) is 2.27. The van der Waals surface area contributed by atoms with Crippen molar-refractivity contribution in [1.82, 2.24) is 14.9 Å². The van der Waals surface area contributed by atoms with Crippen molar-refractivity contribution in [3.05, 3.63) is 48.0 Å². The molecular formula is C15H21N3O. The maximum atomic E-state index is 5.95. The van der Waals surface area contributed by atoms with Crippen LogP contribution in [-0.4, -0.2) is 16.6 Å². The van der Waals surface area contributed by atoms with Crippen molar-refractivity contribution in [3.63, 3.8) is 0 Å². The van der Waals surface area contributed by atoms with Gasteiger partial charge < -0.3 is 14.6 Å². The van der Waals surface area contributed by atoms with E-state index in [1.807, 2.05) is 43.1 Å². The quantitative estimate of drug-likeness (QED) is 0.867. The van der Waals surface area contributed by atoms with Crippen LogP contribution in [0.15, 0.2) is 36.8 Å². The van der Waals surface area contributed by atoms with Gasteiger partial charge in [0.25, 0.3) is 0 Å². The van der Waals surface area contributed by atoms with Crippen LogP contribution in [0.5, 0.6) is 5.75 Å². The minimum Gasteiger partial charge on any atom is -0.487 e. The zero-order valence-electron chi connectivity index (χ0n) is 11.8. The number of rotatable bonds is 6. The Morgan fingerprint density at radius 1 is 1.37 bits per heavy atom. The van der Waals surface area contributed by atoms with E-state index in [0.29, 0.717) is 12.6 Å². The topological polar surface area (TPSA) is 39.1 Å². The summed E-state index contributed by atoms with van der Waals surface area (Å²) in [4.78, 5) is 4.09. The normalized spacial score (nSPS) is 12.4. The average molecular weight is 259 g/mol. The fourth-order valence-corrected chi connectivity index (χ4v) is 2.15. The summed E-state index contributed by atoms with van der Waals surface area (Å²) in [5.74, 6) is 0.935. The molecule has 4 nitrogen and oxygen atoms in total. The lowest BCUT2D eigenvalue weighted by Crippen LogP contribution is -2.16. The Balaban J connectivity index is 2.14. The molecule has 0 fully saturated rings. The van der Waals surface area contributed by atoms with Gasteiger partial charge in [0.15, 0.2) is 0 Å². The van der Waals surface area contributed by atoms with Crippen LogP contribution in [0.25, 0.3) is 0 Å². The van der Waals surface area contributed by atoms with Crippen LogP contribution in [0, 0.1) is 0 Å². The molecule has 1 atom stereocenters. The third-order valence-electron chi connectivity index (χ3n) is 3.34. The van der Waals surface area contributed by atoms with E-state index in [-0.39, 0.29) is 0 Å². The standard InChI is InChI=1S/C15H21N3O/c1-4-14(16-2)13-7-5-6-8-15(13)19-10-12-9-17-11-18(12)3/h5-9,11,14,16H,4,10H2,1-3H3. The maximum absolute atomic E-state index is 5.95. The van der Waals surface area contributed by atoms with Crippen molar-refractivity contribution in [2.24, 2.45) is 7.05 Å². The molecule has 1 unspecified atom stereocenters. The van der Waals surface area contributed by atoms with E-state index in [4.69, 9.17) is 4.74 Å². The summed E-state index contributed by atoms with van der Waals surface area (Å²) in [7, 11) is 3.95. The molecule has 2 aromatic rings. The Bertz CT molecular complexity index is 518. The molecule has 0 spiro atoms. The molecule has 0 saturated heterocycles. The molecule has 2 rings (SSSR count). The van der Waals surface area contributed by atoms with Gasteiger partial charge in [-0.1, -0.05) is 25.1 Å². The fourth-order valence-electron chi connectivity index (χ4n) is 2.15. The monoisotopic (exact) mass is 259 g/mol. The Labute approximate surface area is 114 Å². The summed E-state index contributed by atoms with van der Waals surface area (Å²) >= 11 is 0. The largest absolute Gasteiger partial charge is 0.487 e. The Hall–Kier alpha value is -1.81. The summed E-state index contributed by atoms with van der Waals surface area (Å²) < 4.78 is 7.92. The lowest BCUT2D eigenvalue weighted by molar-refractivity contribution is 0.290. The molecule has 102 valence electrons. The molecule has 1 aromatic carbocycles.